The van der Waals surface area contributed by atoms with Crippen molar-refractivity contribution in [3.63, 3.8) is 0 Å². The van der Waals surface area contributed by atoms with Gasteiger partial charge in [-0.3, -0.25) is 4.99 Å². The molecule has 0 aliphatic heterocycles. The summed E-state index contributed by atoms with van der Waals surface area (Å²) >= 11 is 0. The van der Waals surface area contributed by atoms with Crippen LogP contribution in [0.5, 0.6) is 5.88 Å². The van der Waals surface area contributed by atoms with Gasteiger partial charge in [0, 0.05) is 32.4 Å². The molecule has 0 saturated heterocycles. The number of nitrogens with one attached hydrogen (secondary N) is 2. The third kappa shape index (κ3) is 5.00. The highest BCUT2D eigenvalue weighted by molar-refractivity contribution is 14.0. The standard InChI is InChI=1S/C16H26N4O.HI/c1-4-16(7-5-8-16)12-20-15(17-2)19-11-13-6-9-18-14(10-13)21-3;/h6,9-10H,4-5,7-8,11-12H2,1-3H3,(H2,17,19,20);1H. The third-order valence-corrected chi connectivity index (χ3v) is 4.49. The molecule has 0 bridgehead atoms. The molecule has 5 nitrogen and oxygen atoms in total. The summed E-state index contributed by atoms with van der Waals surface area (Å²) in [6.45, 7) is 3.99. The van der Waals surface area contributed by atoms with E-state index in [4.69, 9.17) is 4.74 Å². The Labute approximate surface area is 150 Å². The summed E-state index contributed by atoms with van der Waals surface area (Å²) in [4.78, 5) is 8.40. The Bertz CT molecular complexity index is 483. The number of aliphatic imine (C=N–C) groups is 1. The lowest BCUT2D eigenvalue weighted by molar-refractivity contribution is 0.131. The minimum absolute atomic E-state index is 0. The molecule has 1 aromatic rings. The van der Waals surface area contributed by atoms with Crippen LogP contribution in [0.15, 0.2) is 23.3 Å². The summed E-state index contributed by atoms with van der Waals surface area (Å²) in [5, 5.41) is 6.79. The van der Waals surface area contributed by atoms with Crippen LogP contribution in [0.4, 0.5) is 0 Å². The Morgan fingerprint density at radius 1 is 1.41 bits per heavy atom. The molecule has 0 atom stereocenters. The average molecular weight is 418 g/mol. The zero-order valence-electron chi connectivity index (χ0n) is 13.7. The lowest BCUT2D eigenvalue weighted by Gasteiger charge is -2.41. The number of methoxy groups -OCH3 is 1. The van der Waals surface area contributed by atoms with E-state index in [-0.39, 0.29) is 24.0 Å². The van der Waals surface area contributed by atoms with Crippen molar-refractivity contribution in [3.8, 4) is 5.88 Å². The number of nitrogens with zero attached hydrogens (tertiary/aromatic N) is 2. The maximum atomic E-state index is 5.13. The molecule has 1 fully saturated rings. The van der Waals surface area contributed by atoms with Gasteiger partial charge in [0.1, 0.15) is 0 Å². The average Bonchev–Trinajstić information content (AvgIpc) is 2.49. The van der Waals surface area contributed by atoms with Gasteiger partial charge in [-0.15, -0.1) is 24.0 Å². The summed E-state index contributed by atoms with van der Waals surface area (Å²) in [6, 6.07) is 3.90. The van der Waals surface area contributed by atoms with Crippen molar-refractivity contribution in [1.82, 2.24) is 15.6 Å². The van der Waals surface area contributed by atoms with Gasteiger partial charge in [0.05, 0.1) is 7.11 Å². The molecular weight excluding hydrogens is 391 g/mol. The summed E-state index contributed by atoms with van der Waals surface area (Å²) in [5.41, 5.74) is 1.61. The predicted molar refractivity (Wildman–Crippen MR) is 101 cm³/mol. The zero-order chi connectivity index (χ0) is 15.1. The predicted octanol–water partition coefficient (Wildman–Crippen LogP) is 2.95. The topological polar surface area (TPSA) is 58.5 Å². The van der Waals surface area contributed by atoms with E-state index in [0.29, 0.717) is 17.8 Å². The van der Waals surface area contributed by atoms with Crippen LogP contribution in [-0.2, 0) is 6.54 Å². The number of rotatable bonds is 6. The Hall–Kier alpha value is -1.05. The number of halogens is 1. The van der Waals surface area contributed by atoms with Crippen LogP contribution in [0.1, 0.15) is 38.2 Å². The van der Waals surface area contributed by atoms with Gasteiger partial charge >= 0.3 is 0 Å². The smallest absolute Gasteiger partial charge is 0.213 e. The van der Waals surface area contributed by atoms with Crippen LogP contribution >= 0.6 is 24.0 Å². The second-order valence-electron chi connectivity index (χ2n) is 5.69. The monoisotopic (exact) mass is 418 g/mol. The minimum Gasteiger partial charge on any atom is -0.481 e. The molecule has 2 rings (SSSR count). The van der Waals surface area contributed by atoms with Gasteiger partial charge in [-0.05, 0) is 36.3 Å². The minimum atomic E-state index is 0. The van der Waals surface area contributed by atoms with Crippen molar-refractivity contribution < 1.29 is 4.74 Å². The Balaban J connectivity index is 0.00000242. The van der Waals surface area contributed by atoms with Crippen molar-refractivity contribution in [2.45, 2.75) is 39.2 Å². The van der Waals surface area contributed by atoms with Crippen molar-refractivity contribution in [2.75, 3.05) is 20.7 Å². The molecule has 0 aromatic carbocycles. The van der Waals surface area contributed by atoms with Crippen molar-refractivity contribution in [2.24, 2.45) is 10.4 Å². The Morgan fingerprint density at radius 2 is 2.18 bits per heavy atom. The lowest BCUT2D eigenvalue weighted by atomic mass is 9.67. The zero-order valence-corrected chi connectivity index (χ0v) is 16.0. The first-order chi connectivity index (χ1) is 10.2. The van der Waals surface area contributed by atoms with Gasteiger partial charge in [-0.2, -0.15) is 0 Å². The molecule has 0 spiro atoms. The van der Waals surface area contributed by atoms with Crippen LogP contribution in [0.3, 0.4) is 0 Å². The molecule has 6 heteroatoms. The maximum absolute atomic E-state index is 5.13. The van der Waals surface area contributed by atoms with E-state index in [1.165, 1.54) is 25.7 Å². The molecule has 0 amide bonds. The number of hydrogen-bond acceptors (Lipinski definition) is 3. The lowest BCUT2D eigenvalue weighted by Crippen LogP contribution is -2.46. The highest BCUT2D eigenvalue weighted by Gasteiger charge is 2.34. The molecule has 1 heterocycles. The van der Waals surface area contributed by atoms with E-state index in [9.17, 15) is 0 Å². The van der Waals surface area contributed by atoms with E-state index in [1.54, 1.807) is 13.3 Å². The molecule has 2 N–H and O–H groups in total. The Morgan fingerprint density at radius 3 is 2.73 bits per heavy atom. The van der Waals surface area contributed by atoms with Crippen LogP contribution in [0.2, 0.25) is 0 Å². The molecule has 1 aliphatic carbocycles. The Kier molecular flexibility index (Phi) is 7.92. The van der Waals surface area contributed by atoms with Gasteiger partial charge in [0.2, 0.25) is 5.88 Å². The summed E-state index contributed by atoms with van der Waals surface area (Å²) in [5.74, 6) is 1.49. The van der Waals surface area contributed by atoms with Gasteiger partial charge in [-0.1, -0.05) is 13.3 Å². The molecule has 0 unspecified atom stereocenters. The molecule has 124 valence electrons. The van der Waals surface area contributed by atoms with Crippen molar-refractivity contribution in [3.05, 3.63) is 23.9 Å². The first kappa shape index (κ1) is 19.0. The van der Waals surface area contributed by atoms with E-state index in [2.05, 4.69) is 27.5 Å². The van der Waals surface area contributed by atoms with Gasteiger partial charge < -0.3 is 15.4 Å². The number of guanidine groups is 1. The van der Waals surface area contributed by atoms with Crippen LogP contribution in [0.25, 0.3) is 0 Å². The maximum Gasteiger partial charge on any atom is 0.213 e. The fourth-order valence-corrected chi connectivity index (χ4v) is 2.68. The first-order valence-corrected chi connectivity index (χ1v) is 7.65. The highest BCUT2D eigenvalue weighted by atomic mass is 127. The molecule has 22 heavy (non-hydrogen) atoms. The fourth-order valence-electron chi connectivity index (χ4n) is 2.68. The van der Waals surface area contributed by atoms with Gasteiger partial charge in [0.25, 0.3) is 0 Å². The van der Waals surface area contributed by atoms with Crippen LogP contribution in [0, 0.1) is 5.41 Å². The van der Waals surface area contributed by atoms with E-state index < -0.39 is 0 Å². The molecule has 1 aliphatic rings. The molecule has 1 saturated carbocycles. The van der Waals surface area contributed by atoms with E-state index in [0.717, 1.165) is 18.1 Å². The molecule has 1 aromatic heterocycles. The number of pyridine rings is 1. The fraction of sp³-hybridized carbons (Fsp3) is 0.625. The van der Waals surface area contributed by atoms with Crippen molar-refractivity contribution in [1.29, 1.82) is 0 Å². The largest absolute Gasteiger partial charge is 0.481 e. The number of aromatic nitrogens is 1. The summed E-state index contributed by atoms with van der Waals surface area (Å²) in [7, 11) is 3.44. The second kappa shape index (κ2) is 9.17. The SMILES string of the molecule is CCC1(CNC(=NC)NCc2ccnc(OC)c2)CCC1.I. The second-order valence-corrected chi connectivity index (χ2v) is 5.69. The normalized spacial score (nSPS) is 16.2. The van der Waals surface area contributed by atoms with Crippen LogP contribution in [-0.4, -0.2) is 31.6 Å². The van der Waals surface area contributed by atoms with Gasteiger partial charge in [-0.25, -0.2) is 4.98 Å². The molecule has 0 radical (unpaired) electrons. The number of ether oxygens (including phenoxy) is 1. The third-order valence-electron chi connectivity index (χ3n) is 4.49. The summed E-state index contributed by atoms with van der Waals surface area (Å²) < 4.78 is 5.13. The van der Waals surface area contributed by atoms with Crippen molar-refractivity contribution >= 4 is 29.9 Å². The van der Waals surface area contributed by atoms with E-state index in [1.807, 2.05) is 19.2 Å². The molecular formula is C16H27IN4O. The highest BCUT2D eigenvalue weighted by Crippen LogP contribution is 2.42. The van der Waals surface area contributed by atoms with Gasteiger partial charge in [0.15, 0.2) is 5.96 Å². The number of hydrogen-bond donors (Lipinski definition) is 2. The van der Waals surface area contributed by atoms with E-state index >= 15 is 0 Å². The summed E-state index contributed by atoms with van der Waals surface area (Å²) in [6.07, 6.45) is 7.01. The van der Waals surface area contributed by atoms with Crippen LogP contribution < -0.4 is 15.4 Å². The first-order valence-electron chi connectivity index (χ1n) is 7.65. The quantitative estimate of drug-likeness (QED) is 0.424.